The highest BCUT2D eigenvalue weighted by Gasteiger charge is 2.19. The van der Waals surface area contributed by atoms with E-state index in [0.29, 0.717) is 40.4 Å². The number of hydrogen-bond donors (Lipinski definition) is 0. The van der Waals surface area contributed by atoms with Crippen molar-refractivity contribution >= 4 is 38.7 Å². The van der Waals surface area contributed by atoms with Crippen molar-refractivity contribution in [2.24, 2.45) is 7.05 Å². The van der Waals surface area contributed by atoms with E-state index in [9.17, 15) is 9.59 Å². The standard InChI is InChI=1S/C22H20BrClN4O2/c1-26-19-18(28(21(23)25-19)14-16-11-5-6-12-17(16)24)20(29)27(22(26)30)13-7-10-15-8-3-2-4-9-15/h2-6,8-9,11-12H,7,10,13-14H2,1H3. The van der Waals surface area contributed by atoms with E-state index in [1.165, 1.54) is 14.7 Å². The summed E-state index contributed by atoms with van der Waals surface area (Å²) in [6, 6.07) is 17.5. The zero-order valence-corrected chi connectivity index (χ0v) is 18.7. The van der Waals surface area contributed by atoms with Gasteiger partial charge in [-0.1, -0.05) is 60.1 Å². The summed E-state index contributed by atoms with van der Waals surface area (Å²) in [5, 5.41) is 0.610. The Kier molecular flexibility index (Phi) is 5.92. The molecule has 0 unspecified atom stereocenters. The molecule has 0 aliphatic carbocycles. The van der Waals surface area contributed by atoms with E-state index in [1.807, 2.05) is 54.6 Å². The molecule has 0 saturated carbocycles. The van der Waals surface area contributed by atoms with Crippen LogP contribution < -0.4 is 11.2 Å². The highest BCUT2D eigenvalue weighted by molar-refractivity contribution is 9.10. The Morgan fingerprint density at radius 3 is 2.43 bits per heavy atom. The zero-order chi connectivity index (χ0) is 21.3. The Hall–Kier alpha value is -2.64. The summed E-state index contributed by atoms with van der Waals surface area (Å²) in [5.74, 6) is 0. The second-order valence-corrected chi connectivity index (χ2v) is 8.23. The summed E-state index contributed by atoms with van der Waals surface area (Å²) < 4.78 is 4.95. The lowest BCUT2D eigenvalue weighted by atomic mass is 10.1. The minimum absolute atomic E-state index is 0.339. The average molecular weight is 488 g/mol. The Morgan fingerprint density at radius 1 is 1.00 bits per heavy atom. The molecule has 0 amide bonds. The minimum atomic E-state index is -0.365. The van der Waals surface area contributed by atoms with E-state index in [0.717, 1.165) is 12.0 Å². The molecule has 0 spiro atoms. The van der Waals surface area contributed by atoms with Gasteiger partial charge in [-0.2, -0.15) is 0 Å². The minimum Gasteiger partial charge on any atom is -0.308 e. The van der Waals surface area contributed by atoms with Crippen molar-refractivity contribution < 1.29 is 0 Å². The fraction of sp³-hybridized carbons (Fsp3) is 0.227. The maximum atomic E-state index is 13.3. The first kappa shape index (κ1) is 20.6. The summed E-state index contributed by atoms with van der Waals surface area (Å²) in [6.07, 6.45) is 1.47. The topological polar surface area (TPSA) is 61.8 Å². The Balaban J connectivity index is 1.74. The molecule has 0 aliphatic rings. The van der Waals surface area contributed by atoms with Crippen LogP contribution in [0.15, 0.2) is 68.9 Å². The SMILES string of the molecule is Cn1c(=O)n(CCCc2ccccc2)c(=O)c2c1nc(Br)n2Cc1ccccc1Cl. The van der Waals surface area contributed by atoms with Crippen molar-refractivity contribution in [3.8, 4) is 0 Å². The van der Waals surface area contributed by atoms with Crippen molar-refractivity contribution in [1.29, 1.82) is 0 Å². The molecule has 4 rings (SSSR count). The molecule has 8 heteroatoms. The third-order valence-electron chi connectivity index (χ3n) is 5.16. The number of imidazole rings is 1. The molecule has 0 N–H and O–H groups in total. The third-order valence-corrected chi connectivity index (χ3v) is 6.14. The van der Waals surface area contributed by atoms with Crippen molar-refractivity contribution in [3.63, 3.8) is 0 Å². The van der Waals surface area contributed by atoms with E-state index in [4.69, 9.17) is 11.6 Å². The summed E-state index contributed by atoms with van der Waals surface area (Å²) in [7, 11) is 1.64. The number of benzene rings is 2. The smallest absolute Gasteiger partial charge is 0.308 e. The molecule has 154 valence electrons. The van der Waals surface area contributed by atoms with Crippen LogP contribution >= 0.6 is 27.5 Å². The van der Waals surface area contributed by atoms with E-state index in [1.54, 1.807) is 11.6 Å². The first-order valence-electron chi connectivity index (χ1n) is 9.60. The van der Waals surface area contributed by atoms with Gasteiger partial charge in [0.2, 0.25) is 0 Å². The van der Waals surface area contributed by atoms with Crippen LogP contribution in [0.2, 0.25) is 5.02 Å². The summed E-state index contributed by atoms with van der Waals surface area (Å²) in [6.45, 7) is 0.708. The van der Waals surface area contributed by atoms with Gasteiger partial charge < -0.3 is 4.57 Å². The predicted octanol–water partition coefficient (Wildman–Crippen LogP) is 3.99. The lowest BCUT2D eigenvalue weighted by molar-refractivity contribution is 0.571. The molecular formula is C22H20BrClN4O2. The lowest BCUT2D eigenvalue weighted by Crippen LogP contribution is -2.39. The summed E-state index contributed by atoms with van der Waals surface area (Å²) in [4.78, 5) is 30.5. The number of halogens is 2. The number of hydrogen-bond acceptors (Lipinski definition) is 3. The van der Waals surface area contributed by atoms with E-state index in [-0.39, 0.29) is 11.2 Å². The molecule has 30 heavy (non-hydrogen) atoms. The molecule has 0 aliphatic heterocycles. The summed E-state index contributed by atoms with van der Waals surface area (Å²) in [5.41, 5.74) is 2.06. The van der Waals surface area contributed by atoms with Crippen LogP contribution in [0.3, 0.4) is 0 Å². The molecule has 0 atom stereocenters. The van der Waals surface area contributed by atoms with Crippen LogP contribution in [0.25, 0.3) is 11.2 Å². The average Bonchev–Trinajstić information content (AvgIpc) is 3.08. The van der Waals surface area contributed by atoms with Crippen LogP contribution in [-0.2, 0) is 26.6 Å². The predicted molar refractivity (Wildman–Crippen MR) is 122 cm³/mol. The number of nitrogens with zero attached hydrogens (tertiary/aromatic N) is 4. The van der Waals surface area contributed by atoms with Crippen LogP contribution in [0.1, 0.15) is 17.5 Å². The van der Waals surface area contributed by atoms with Gasteiger partial charge in [0.25, 0.3) is 5.56 Å². The lowest BCUT2D eigenvalue weighted by Gasteiger charge is -2.11. The molecule has 2 aromatic carbocycles. The van der Waals surface area contributed by atoms with E-state index in [2.05, 4.69) is 20.9 Å². The van der Waals surface area contributed by atoms with Crippen LogP contribution in [0, 0.1) is 0 Å². The fourth-order valence-corrected chi connectivity index (χ4v) is 4.24. The molecule has 6 nitrogen and oxygen atoms in total. The largest absolute Gasteiger partial charge is 0.332 e. The molecule has 0 bridgehead atoms. The second kappa shape index (κ2) is 8.62. The highest BCUT2D eigenvalue weighted by Crippen LogP contribution is 2.22. The molecule has 2 heterocycles. The van der Waals surface area contributed by atoms with Crippen LogP contribution in [0.4, 0.5) is 0 Å². The Morgan fingerprint density at radius 2 is 1.70 bits per heavy atom. The maximum absolute atomic E-state index is 13.3. The third kappa shape index (κ3) is 3.87. The molecular weight excluding hydrogens is 468 g/mol. The Bertz CT molecular complexity index is 1320. The van der Waals surface area contributed by atoms with Gasteiger partial charge in [-0.15, -0.1) is 0 Å². The number of fused-ring (bicyclic) bond motifs is 1. The van der Waals surface area contributed by atoms with Crippen LogP contribution in [0.5, 0.6) is 0 Å². The van der Waals surface area contributed by atoms with Crippen molar-refractivity contribution in [2.45, 2.75) is 25.9 Å². The number of rotatable bonds is 6. The second-order valence-electron chi connectivity index (χ2n) is 7.12. The fourth-order valence-electron chi connectivity index (χ4n) is 3.57. The van der Waals surface area contributed by atoms with Gasteiger partial charge in [0, 0.05) is 18.6 Å². The quantitative estimate of drug-likeness (QED) is 0.386. The van der Waals surface area contributed by atoms with Crippen molar-refractivity contribution in [2.75, 3.05) is 0 Å². The van der Waals surface area contributed by atoms with Gasteiger partial charge in [0.1, 0.15) is 0 Å². The van der Waals surface area contributed by atoms with Gasteiger partial charge in [0.05, 0.1) is 6.54 Å². The summed E-state index contributed by atoms with van der Waals surface area (Å²) >= 11 is 9.75. The number of aryl methyl sites for hydroxylation is 2. The van der Waals surface area contributed by atoms with Crippen molar-refractivity contribution in [3.05, 3.63) is 96.3 Å². The highest BCUT2D eigenvalue weighted by atomic mass is 79.9. The Labute approximate surface area is 186 Å². The van der Waals surface area contributed by atoms with Gasteiger partial charge >= 0.3 is 5.69 Å². The first-order valence-corrected chi connectivity index (χ1v) is 10.8. The zero-order valence-electron chi connectivity index (χ0n) is 16.4. The maximum Gasteiger partial charge on any atom is 0.332 e. The van der Waals surface area contributed by atoms with Crippen molar-refractivity contribution in [1.82, 2.24) is 18.7 Å². The van der Waals surface area contributed by atoms with Gasteiger partial charge in [-0.25, -0.2) is 9.78 Å². The molecule has 0 saturated heterocycles. The number of aromatic nitrogens is 4. The molecule has 4 aromatic rings. The van der Waals surface area contributed by atoms with E-state index >= 15 is 0 Å². The van der Waals surface area contributed by atoms with E-state index < -0.39 is 0 Å². The molecule has 0 fully saturated rings. The molecule has 0 radical (unpaired) electrons. The van der Waals surface area contributed by atoms with Gasteiger partial charge in [-0.05, 0) is 46.0 Å². The van der Waals surface area contributed by atoms with Gasteiger partial charge in [-0.3, -0.25) is 13.9 Å². The first-order chi connectivity index (χ1) is 14.5. The van der Waals surface area contributed by atoms with Crippen LogP contribution in [-0.4, -0.2) is 18.7 Å². The normalized spacial score (nSPS) is 11.3. The van der Waals surface area contributed by atoms with Gasteiger partial charge in [0.15, 0.2) is 15.9 Å². The molecule has 2 aromatic heterocycles. The monoisotopic (exact) mass is 486 g/mol.